The maximum atomic E-state index is 12.2. The third-order valence-electron chi connectivity index (χ3n) is 3.03. The molecule has 114 valence electrons. The molecule has 0 aliphatic heterocycles. The van der Waals surface area contributed by atoms with Crippen LogP contribution in [0.1, 0.15) is 10.4 Å². The zero-order chi connectivity index (χ0) is 15.9. The molecule has 6 heteroatoms. The summed E-state index contributed by atoms with van der Waals surface area (Å²) in [7, 11) is 3.05. The summed E-state index contributed by atoms with van der Waals surface area (Å²) in [4.78, 5) is 22.7. The van der Waals surface area contributed by atoms with Gasteiger partial charge < -0.3 is 20.1 Å². The number of hydrogen-bond donors (Lipinski definition) is 2. The van der Waals surface area contributed by atoms with Crippen LogP contribution >= 0.6 is 0 Å². The Morgan fingerprint density at radius 1 is 1.05 bits per heavy atom. The molecule has 0 saturated carbocycles. The fourth-order valence-corrected chi connectivity index (χ4v) is 1.89. The van der Waals surface area contributed by atoms with Gasteiger partial charge in [-0.25, -0.2) is 0 Å². The molecule has 2 N–H and O–H groups in total. The first-order valence-corrected chi connectivity index (χ1v) is 6.51. The summed E-state index contributed by atoms with van der Waals surface area (Å²) in [5.41, 5.74) is 1.59. The predicted molar refractivity (Wildman–Crippen MR) is 83.6 cm³/mol. The highest BCUT2D eigenvalue weighted by atomic mass is 16.5. The Balaban J connectivity index is 2.17. The van der Waals surface area contributed by atoms with Crippen LogP contribution in [0, 0.1) is 0 Å². The highest BCUT2D eigenvalue weighted by Gasteiger charge is 2.10. The zero-order valence-electron chi connectivity index (χ0n) is 12.3. The molecule has 0 fully saturated rings. The Hall–Kier alpha value is -3.02. The molecule has 0 bridgehead atoms. The molecule has 2 rings (SSSR count). The van der Waals surface area contributed by atoms with Crippen molar-refractivity contribution in [3.05, 3.63) is 48.0 Å². The lowest BCUT2D eigenvalue weighted by Gasteiger charge is -2.12. The van der Waals surface area contributed by atoms with Crippen molar-refractivity contribution in [3.63, 3.8) is 0 Å². The molecule has 0 heterocycles. The first-order chi connectivity index (χ1) is 10.7. The maximum absolute atomic E-state index is 12.2. The molecule has 0 saturated heterocycles. The second-order valence-corrected chi connectivity index (χ2v) is 4.36. The van der Waals surface area contributed by atoms with Crippen LogP contribution in [0.25, 0.3) is 0 Å². The van der Waals surface area contributed by atoms with Gasteiger partial charge >= 0.3 is 0 Å². The lowest BCUT2D eigenvalue weighted by Crippen LogP contribution is -2.12. The van der Waals surface area contributed by atoms with Crippen LogP contribution in [0.2, 0.25) is 0 Å². The lowest BCUT2D eigenvalue weighted by molar-refractivity contribution is -0.105. The Labute approximate surface area is 128 Å². The van der Waals surface area contributed by atoms with Crippen LogP contribution in [0.15, 0.2) is 42.5 Å². The normalized spacial score (nSPS) is 9.73. The maximum Gasteiger partial charge on any atom is 0.255 e. The van der Waals surface area contributed by atoms with Crippen molar-refractivity contribution in [2.45, 2.75) is 0 Å². The summed E-state index contributed by atoms with van der Waals surface area (Å²) < 4.78 is 10.3. The molecule has 0 unspecified atom stereocenters. The molecule has 0 atom stereocenters. The molecule has 6 nitrogen and oxygen atoms in total. The van der Waals surface area contributed by atoms with Gasteiger partial charge in [0.2, 0.25) is 6.41 Å². The van der Waals surface area contributed by atoms with Gasteiger partial charge in [0.15, 0.2) is 0 Å². The first-order valence-electron chi connectivity index (χ1n) is 6.51. The van der Waals surface area contributed by atoms with Gasteiger partial charge in [0.25, 0.3) is 5.91 Å². The van der Waals surface area contributed by atoms with Crippen LogP contribution in [0.4, 0.5) is 11.4 Å². The molecule has 2 amide bonds. The van der Waals surface area contributed by atoms with E-state index in [9.17, 15) is 9.59 Å². The molecule has 0 spiro atoms. The molecule has 2 aromatic carbocycles. The molecular formula is C16H16N2O4. The topological polar surface area (TPSA) is 76.7 Å². The Bertz CT molecular complexity index is 668. The minimum atomic E-state index is -0.267. The van der Waals surface area contributed by atoms with E-state index < -0.39 is 0 Å². The van der Waals surface area contributed by atoms with Crippen molar-refractivity contribution >= 4 is 23.7 Å². The van der Waals surface area contributed by atoms with Crippen LogP contribution in [0.3, 0.4) is 0 Å². The highest BCUT2D eigenvalue weighted by Crippen LogP contribution is 2.28. The van der Waals surface area contributed by atoms with Gasteiger partial charge in [0.05, 0.1) is 19.9 Å². The number of rotatable bonds is 6. The van der Waals surface area contributed by atoms with Gasteiger partial charge in [-0.3, -0.25) is 9.59 Å². The summed E-state index contributed by atoms with van der Waals surface area (Å²) in [6, 6.07) is 11.7. The minimum Gasteiger partial charge on any atom is -0.497 e. The van der Waals surface area contributed by atoms with E-state index in [1.165, 1.54) is 7.11 Å². The molecule has 0 radical (unpaired) electrons. The Morgan fingerprint density at radius 2 is 1.77 bits per heavy atom. The van der Waals surface area contributed by atoms with Crippen LogP contribution in [-0.4, -0.2) is 26.5 Å². The highest BCUT2D eigenvalue weighted by molar-refractivity contribution is 6.05. The smallest absolute Gasteiger partial charge is 0.255 e. The molecular weight excluding hydrogens is 284 g/mol. The third kappa shape index (κ3) is 3.54. The minimum absolute atomic E-state index is 0.267. The van der Waals surface area contributed by atoms with Crippen molar-refractivity contribution in [2.75, 3.05) is 24.9 Å². The van der Waals surface area contributed by atoms with E-state index in [1.807, 2.05) is 0 Å². The van der Waals surface area contributed by atoms with Gasteiger partial charge in [-0.15, -0.1) is 0 Å². The molecule has 22 heavy (non-hydrogen) atoms. The summed E-state index contributed by atoms with van der Waals surface area (Å²) in [5, 5.41) is 5.28. The number of carbonyl (C=O) groups is 2. The number of methoxy groups -OCH3 is 2. The average Bonchev–Trinajstić information content (AvgIpc) is 2.56. The fraction of sp³-hybridized carbons (Fsp3) is 0.125. The van der Waals surface area contributed by atoms with Gasteiger partial charge in [-0.2, -0.15) is 0 Å². The zero-order valence-corrected chi connectivity index (χ0v) is 12.3. The summed E-state index contributed by atoms with van der Waals surface area (Å²) in [6.45, 7) is 0. The van der Waals surface area contributed by atoms with Gasteiger partial charge in [0.1, 0.15) is 11.5 Å². The van der Waals surface area contributed by atoms with Crippen LogP contribution in [-0.2, 0) is 4.79 Å². The number of amides is 2. The van der Waals surface area contributed by atoms with E-state index in [0.717, 1.165) is 0 Å². The van der Waals surface area contributed by atoms with Crippen LogP contribution < -0.4 is 20.1 Å². The predicted octanol–water partition coefficient (Wildman–Crippen LogP) is 2.52. The SMILES string of the molecule is COc1ccc(C(=O)Nc2ccc(NC=O)cc2OC)cc1. The molecule has 0 aromatic heterocycles. The van der Waals surface area contributed by atoms with E-state index in [4.69, 9.17) is 9.47 Å². The Morgan fingerprint density at radius 3 is 2.36 bits per heavy atom. The number of carbonyl (C=O) groups excluding carboxylic acids is 2. The van der Waals surface area contributed by atoms with Crippen molar-refractivity contribution < 1.29 is 19.1 Å². The molecule has 0 aliphatic rings. The van der Waals surface area contributed by atoms with Gasteiger partial charge in [-0.05, 0) is 36.4 Å². The third-order valence-corrected chi connectivity index (χ3v) is 3.03. The van der Waals surface area contributed by atoms with E-state index in [0.29, 0.717) is 34.8 Å². The number of anilines is 2. The standard InChI is InChI=1S/C16H16N2O4/c1-21-13-6-3-11(4-7-13)16(20)18-14-8-5-12(17-10-19)9-15(14)22-2/h3-10H,1-2H3,(H,17,19)(H,18,20). The van der Waals surface area contributed by atoms with Crippen molar-refractivity contribution in [3.8, 4) is 11.5 Å². The number of hydrogen-bond acceptors (Lipinski definition) is 4. The largest absolute Gasteiger partial charge is 0.497 e. The van der Waals surface area contributed by atoms with Gasteiger partial charge in [0, 0.05) is 17.3 Å². The van der Waals surface area contributed by atoms with E-state index in [2.05, 4.69) is 10.6 Å². The van der Waals surface area contributed by atoms with Crippen molar-refractivity contribution in [1.29, 1.82) is 0 Å². The first kappa shape index (κ1) is 15.4. The summed E-state index contributed by atoms with van der Waals surface area (Å²) in [5.74, 6) is 0.865. The number of nitrogens with one attached hydrogen (secondary N) is 2. The molecule has 0 aliphatic carbocycles. The van der Waals surface area contributed by atoms with E-state index in [-0.39, 0.29) is 5.91 Å². The van der Waals surface area contributed by atoms with Gasteiger partial charge in [-0.1, -0.05) is 0 Å². The monoisotopic (exact) mass is 300 g/mol. The number of benzene rings is 2. The van der Waals surface area contributed by atoms with E-state index in [1.54, 1.807) is 49.6 Å². The summed E-state index contributed by atoms with van der Waals surface area (Å²) in [6.07, 6.45) is 0.574. The average molecular weight is 300 g/mol. The second kappa shape index (κ2) is 7.12. The molecule has 2 aromatic rings. The quantitative estimate of drug-likeness (QED) is 0.804. The summed E-state index contributed by atoms with van der Waals surface area (Å²) >= 11 is 0. The van der Waals surface area contributed by atoms with Crippen molar-refractivity contribution in [2.24, 2.45) is 0 Å². The fourth-order valence-electron chi connectivity index (χ4n) is 1.89. The second-order valence-electron chi connectivity index (χ2n) is 4.36. The van der Waals surface area contributed by atoms with Crippen molar-refractivity contribution in [1.82, 2.24) is 0 Å². The number of ether oxygens (including phenoxy) is 2. The lowest BCUT2D eigenvalue weighted by atomic mass is 10.2. The Kier molecular flexibility index (Phi) is 4.98. The van der Waals surface area contributed by atoms with Crippen LogP contribution in [0.5, 0.6) is 11.5 Å². The van der Waals surface area contributed by atoms with E-state index >= 15 is 0 Å².